The van der Waals surface area contributed by atoms with Crippen LogP contribution in [-0.2, 0) is 9.47 Å². The third-order valence-corrected chi connectivity index (χ3v) is 4.82. The van der Waals surface area contributed by atoms with Gasteiger partial charge in [0.2, 0.25) is 0 Å². The van der Waals surface area contributed by atoms with Gasteiger partial charge in [0.05, 0.1) is 32.5 Å². The van der Waals surface area contributed by atoms with Gasteiger partial charge in [0.25, 0.3) is 0 Å². The summed E-state index contributed by atoms with van der Waals surface area (Å²) in [5.74, 6) is 0.719. The van der Waals surface area contributed by atoms with Gasteiger partial charge in [-0.05, 0) is 12.8 Å². The number of nitrogens with zero attached hydrogens (tertiary/aromatic N) is 1. The van der Waals surface area contributed by atoms with Gasteiger partial charge < -0.3 is 24.8 Å². The molecule has 1 aromatic heterocycles. The minimum Gasteiger partial charge on any atom is -0.494 e. The van der Waals surface area contributed by atoms with Gasteiger partial charge in [-0.2, -0.15) is 0 Å². The number of hydrogen-bond acceptors (Lipinski definition) is 5. The maximum atomic E-state index is 10.6. The zero-order chi connectivity index (χ0) is 17.1. The molecule has 0 fully saturated rings. The molecule has 3 N–H and O–H groups in total. The number of allylic oxidation sites excluding steroid dienone is 3. The van der Waals surface area contributed by atoms with Crippen molar-refractivity contribution in [1.82, 2.24) is 4.57 Å². The van der Waals surface area contributed by atoms with Crippen molar-refractivity contribution < 1.29 is 24.8 Å². The number of aromatic hydroxyl groups is 2. The summed E-state index contributed by atoms with van der Waals surface area (Å²) in [4.78, 5) is 0. The van der Waals surface area contributed by atoms with E-state index >= 15 is 0 Å². The molecule has 2 bridgehead atoms. The van der Waals surface area contributed by atoms with Crippen LogP contribution in [0, 0.1) is 0 Å². The van der Waals surface area contributed by atoms with Crippen molar-refractivity contribution >= 4 is 0 Å². The highest BCUT2D eigenvalue weighted by atomic mass is 16.5. The first-order chi connectivity index (χ1) is 11.7. The van der Waals surface area contributed by atoms with Crippen LogP contribution in [0.4, 0.5) is 0 Å². The first-order valence-electron chi connectivity index (χ1n) is 8.42. The fraction of sp³-hybridized carbons (Fsp3) is 0.556. The van der Waals surface area contributed by atoms with Gasteiger partial charge >= 0.3 is 0 Å². The second-order valence-corrected chi connectivity index (χ2v) is 6.22. The molecule has 1 aromatic rings. The lowest BCUT2D eigenvalue weighted by atomic mass is 10.0. The van der Waals surface area contributed by atoms with Gasteiger partial charge in [0.15, 0.2) is 11.8 Å². The normalized spacial score (nSPS) is 22.0. The third-order valence-electron chi connectivity index (χ3n) is 4.82. The molecule has 0 aliphatic heterocycles. The van der Waals surface area contributed by atoms with E-state index in [9.17, 15) is 10.2 Å². The van der Waals surface area contributed by atoms with Crippen molar-refractivity contribution in [3.63, 3.8) is 0 Å². The molecule has 1 heterocycles. The number of fused-ring (bicyclic) bond motifs is 5. The van der Waals surface area contributed by atoms with Crippen LogP contribution in [0.3, 0.4) is 0 Å². The summed E-state index contributed by atoms with van der Waals surface area (Å²) in [6.45, 7) is 5.49. The van der Waals surface area contributed by atoms with Gasteiger partial charge in [-0.15, -0.1) is 6.58 Å². The highest BCUT2D eigenvalue weighted by Gasteiger charge is 2.41. The van der Waals surface area contributed by atoms with Gasteiger partial charge in [0.1, 0.15) is 0 Å². The minimum atomic E-state index is -0.228. The van der Waals surface area contributed by atoms with E-state index in [1.54, 1.807) is 10.6 Å². The van der Waals surface area contributed by atoms with E-state index in [0.717, 1.165) is 17.5 Å². The predicted octanol–water partition coefficient (Wildman–Crippen LogP) is 2.18. The van der Waals surface area contributed by atoms with E-state index in [1.807, 2.05) is 0 Å². The van der Waals surface area contributed by atoms with Gasteiger partial charge in [-0.1, -0.05) is 18.2 Å². The first kappa shape index (κ1) is 17.1. The maximum absolute atomic E-state index is 10.6. The first-order valence-corrected chi connectivity index (χ1v) is 8.42. The Hall–Kier alpha value is -1.76. The Morgan fingerprint density at radius 1 is 1.08 bits per heavy atom. The van der Waals surface area contributed by atoms with Crippen LogP contribution >= 0.6 is 0 Å². The van der Waals surface area contributed by atoms with E-state index in [4.69, 9.17) is 14.6 Å². The molecular formula is C18H25NO5. The quantitative estimate of drug-likeness (QED) is 0.451. The molecule has 0 saturated heterocycles. The van der Waals surface area contributed by atoms with Crippen molar-refractivity contribution in [2.45, 2.75) is 30.7 Å². The van der Waals surface area contributed by atoms with Gasteiger partial charge in [0, 0.05) is 29.6 Å². The second kappa shape index (κ2) is 7.42. The Morgan fingerprint density at radius 2 is 1.67 bits per heavy atom. The number of rotatable bonds is 10. The Kier molecular flexibility index (Phi) is 5.28. The molecule has 3 unspecified atom stereocenters. The van der Waals surface area contributed by atoms with Crippen LogP contribution in [0.5, 0.6) is 11.8 Å². The summed E-state index contributed by atoms with van der Waals surface area (Å²) < 4.78 is 12.2. The van der Waals surface area contributed by atoms with E-state index in [-0.39, 0.29) is 36.2 Å². The SMILES string of the molecule is C=CC(CCOCCOCCO)n1c(O)c2c(c1O)C1C=CC2C1. The van der Waals surface area contributed by atoms with Gasteiger partial charge in [-0.25, -0.2) is 0 Å². The van der Waals surface area contributed by atoms with Crippen molar-refractivity contribution in [2.75, 3.05) is 33.0 Å². The molecule has 2 aliphatic rings. The number of aliphatic hydroxyl groups is 1. The van der Waals surface area contributed by atoms with Gasteiger partial charge in [-0.3, -0.25) is 4.57 Å². The second-order valence-electron chi connectivity index (χ2n) is 6.22. The zero-order valence-corrected chi connectivity index (χ0v) is 13.7. The molecule has 3 rings (SSSR count). The summed E-state index contributed by atoms with van der Waals surface area (Å²) in [5, 5.41) is 29.8. The molecule has 6 nitrogen and oxygen atoms in total. The summed E-state index contributed by atoms with van der Waals surface area (Å²) in [7, 11) is 0. The Labute approximate surface area is 141 Å². The van der Waals surface area contributed by atoms with Crippen molar-refractivity contribution in [3.8, 4) is 11.8 Å². The lowest BCUT2D eigenvalue weighted by Crippen LogP contribution is -2.12. The maximum Gasteiger partial charge on any atom is 0.198 e. The summed E-state index contributed by atoms with van der Waals surface area (Å²) >= 11 is 0. The molecule has 2 aliphatic carbocycles. The lowest BCUT2D eigenvalue weighted by molar-refractivity contribution is 0.0306. The average Bonchev–Trinajstić information content (AvgIpc) is 3.26. The average molecular weight is 335 g/mol. The van der Waals surface area contributed by atoms with Crippen molar-refractivity contribution in [3.05, 3.63) is 35.9 Å². The fourth-order valence-corrected chi connectivity index (χ4v) is 3.72. The predicted molar refractivity (Wildman–Crippen MR) is 89.6 cm³/mol. The number of ether oxygens (including phenoxy) is 2. The van der Waals surface area contributed by atoms with E-state index in [2.05, 4.69) is 18.7 Å². The molecule has 24 heavy (non-hydrogen) atoms. The lowest BCUT2D eigenvalue weighted by Gasteiger charge is -2.18. The van der Waals surface area contributed by atoms with Crippen molar-refractivity contribution in [1.29, 1.82) is 0 Å². The molecule has 0 aromatic carbocycles. The summed E-state index contributed by atoms with van der Waals surface area (Å²) in [5.41, 5.74) is 1.73. The third kappa shape index (κ3) is 2.97. The summed E-state index contributed by atoms with van der Waals surface area (Å²) in [6.07, 6.45) is 7.47. The van der Waals surface area contributed by atoms with E-state index in [0.29, 0.717) is 32.8 Å². The number of aromatic nitrogens is 1. The molecular weight excluding hydrogens is 310 g/mol. The standard InChI is InChI=1S/C18H25NO5/c1-2-14(5-7-23-9-10-24-8-6-20)19-17(21)15-12-3-4-13(11-12)16(15)18(19)22/h2-4,12-14,20-22H,1,5-11H2. The topological polar surface area (TPSA) is 84.1 Å². The molecule has 0 radical (unpaired) electrons. The monoisotopic (exact) mass is 335 g/mol. The zero-order valence-electron chi connectivity index (χ0n) is 13.7. The molecule has 132 valence electrons. The molecule has 3 atom stereocenters. The Bertz CT molecular complexity index is 586. The summed E-state index contributed by atoms with van der Waals surface area (Å²) in [6, 6.07) is -0.228. The molecule has 0 spiro atoms. The van der Waals surface area contributed by atoms with E-state index < -0.39 is 0 Å². The molecule has 0 saturated carbocycles. The Morgan fingerprint density at radius 3 is 2.21 bits per heavy atom. The molecule has 6 heteroatoms. The highest BCUT2D eigenvalue weighted by molar-refractivity contribution is 5.59. The minimum absolute atomic E-state index is 0.00618. The Balaban J connectivity index is 1.60. The largest absolute Gasteiger partial charge is 0.494 e. The van der Waals surface area contributed by atoms with E-state index in [1.165, 1.54) is 0 Å². The van der Waals surface area contributed by atoms with Crippen LogP contribution in [-0.4, -0.2) is 52.9 Å². The van der Waals surface area contributed by atoms with Crippen LogP contribution in [0.1, 0.15) is 41.8 Å². The van der Waals surface area contributed by atoms with Crippen LogP contribution < -0.4 is 0 Å². The number of hydrogen-bond donors (Lipinski definition) is 3. The number of aliphatic hydroxyl groups excluding tert-OH is 1. The smallest absolute Gasteiger partial charge is 0.198 e. The van der Waals surface area contributed by atoms with Crippen LogP contribution in [0.25, 0.3) is 0 Å². The fourth-order valence-electron chi connectivity index (χ4n) is 3.72. The molecule has 0 amide bonds. The van der Waals surface area contributed by atoms with Crippen LogP contribution in [0.15, 0.2) is 24.8 Å². The van der Waals surface area contributed by atoms with Crippen LogP contribution in [0.2, 0.25) is 0 Å². The highest BCUT2D eigenvalue weighted by Crippen LogP contribution is 2.57. The van der Waals surface area contributed by atoms with Crippen molar-refractivity contribution in [2.24, 2.45) is 0 Å².